The zero-order valence-electron chi connectivity index (χ0n) is 37.8. The lowest BCUT2D eigenvalue weighted by Gasteiger charge is -2.42. The van der Waals surface area contributed by atoms with E-state index in [1.54, 1.807) is 23.1 Å². The molecule has 2 aromatic carbocycles. The molecule has 1 amide bonds. The van der Waals surface area contributed by atoms with Crippen LogP contribution in [0.15, 0.2) is 36.5 Å². The van der Waals surface area contributed by atoms with Crippen LogP contribution in [0, 0.1) is 23.1 Å². The lowest BCUT2D eigenvalue weighted by atomic mass is 9.95. The van der Waals surface area contributed by atoms with Crippen LogP contribution in [0.25, 0.3) is 32.9 Å². The lowest BCUT2D eigenvalue weighted by molar-refractivity contribution is 0.0122. The number of amides is 1. The van der Waals surface area contributed by atoms with Crippen molar-refractivity contribution in [2.24, 2.45) is 0 Å². The predicted molar refractivity (Wildman–Crippen MR) is 243 cm³/mol. The summed E-state index contributed by atoms with van der Waals surface area (Å²) in [6.07, 6.45) is 4.09. The van der Waals surface area contributed by atoms with Crippen molar-refractivity contribution in [2.75, 3.05) is 37.7 Å². The van der Waals surface area contributed by atoms with Crippen molar-refractivity contribution in [3.05, 3.63) is 53.7 Å². The third kappa shape index (κ3) is 8.15. The van der Waals surface area contributed by atoms with E-state index in [0.717, 1.165) is 19.3 Å². The SMILES string of the molecule is CC(C)[Si](C#Cc1c(F)ccc2cccc(-c3ncc4c(N5C[C@H]6CC[C@@H](C5)N6C(=O)OC(C)(C)C)nc(OC[C@@]56CCCN5C[C@H](S(=O)(=O)F)C6)nc4c3F)c12)(C(C)C)C(C)C. The number of nitrogens with zero attached hydrogens (tertiary/aromatic N) is 6. The largest absolute Gasteiger partial charge is 0.461 e. The van der Waals surface area contributed by atoms with Crippen molar-refractivity contribution in [1.82, 2.24) is 24.8 Å². The van der Waals surface area contributed by atoms with Gasteiger partial charge in [0.1, 0.15) is 48.4 Å². The van der Waals surface area contributed by atoms with E-state index in [4.69, 9.17) is 19.4 Å². The van der Waals surface area contributed by atoms with Gasteiger partial charge in [-0.15, -0.1) is 9.43 Å². The Bertz CT molecular complexity index is 2600. The van der Waals surface area contributed by atoms with Crippen LogP contribution in [0.1, 0.15) is 100.0 Å². The number of rotatable bonds is 9. The Morgan fingerprint density at radius 1 is 0.984 bits per heavy atom. The first kappa shape index (κ1) is 45.1. The molecule has 0 spiro atoms. The Morgan fingerprint density at radius 3 is 2.30 bits per heavy atom. The number of aromatic nitrogens is 3. The van der Waals surface area contributed by atoms with Crippen molar-refractivity contribution in [3.8, 4) is 28.7 Å². The van der Waals surface area contributed by atoms with Crippen LogP contribution in [-0.2, 0) is 15.0 Å². The molecule has 338 valence electrons. The smallest absolute Gasteiger partial charge is 0.410 e. The molecular formula is C47H59F3N6O5SSi. The first-order valence-corrected chi connectivity index (χ1v) is 26.0. The second-order valence-electron chi connectivity index (χ2n) is 20.0. The minimum atomic E-state index is -4.78. The third-order valence-corrected chi connectivity index (χ3v) is 21.6. The highest BCUT2D eigenvalue weighted by atomic mass is 32.3. The van der Waals surface area contributed by atoms with Gasteiger partial charge in [-0.1, -0.05) is 71.7 Å². The van der Waals surface area contributed by atoms with Crippen molar-refractivity contribution in [3.63, 3.8) is 0 Å². The summed E-state index contributed by atoms with van der Waals surface area (Å²) in [5.74, 6) is 2.43. The molecule has 0 radical (unpaired) electrons. The van der Waals surface area contributed by atoms with Crippen LogP contribution in [0.2, 0.25) is 16.6 Å². The van der Waals surface area contributed by atoms with Crippen LogP contribution < -0.4 is 9.64 Å². The highest BCUT2D eigenvalue weighted by molar-refractivity contribution is 7.87. The van der Waals surface area contributed by atoms with E-state index in [1.807, 2.05) is 36.6 Å². The van der Waals surface area contributed by atoms with E-state index in [1.165, 1.54) is 12.3 Å². The molecule has 63 heavy (non-hydrogen) atoms. The Balaban J connectivity index is 1.25. The molecule has 2 bridgehead atoms. The molecule has 4 aromatic rings. The fourth-order valence-electron chi connectivity index (χ4n) is 11.3. The van der Waals surface area contributed by atoms with Gasteiger partial charge >= 0.3 is 22.3 Å². The second kappa shape index (κ2) is 16.5. The molecule has 4 saturated heterocycles. The van der Waals surface area contributed by atoms with Crippen molar-refractivity contribution < 1.29 is 35.4 Å². The molecule has 0 aliphatic carbocycles. The zero-order chi connectivity index (χ0) is 45.4. The summed E-state index contributed by atoms with van der Waals surface area (Å²) in [5.41, 5.74) is 3.61. The minimum absolute atomic E-state index is 0.0280. The van der Waals surface area contributed by atoms with Gasteiger partial charge < -0.3 is 14.4 Å². The van der Waals surface area contributed by atoms with Crippen LogP contribution >= 0.6 is 0 Å². The highest BCUT2D eigenvalue weighted by Crippen LogP contribution is 2.44. The quantitative estimate of drug-likeness (QED) is 0.0914. The van der Waals surface area contributed by atoms with Gasteiger partial charge in [0.25, 0.3) is 0 Å². The van der Waals surface area contributed by atoms with Crippen LogP contribution in [-0.4, -0.2) is 109 Å². The summed E-state index contributed by atoms with van der Waals surface area (Å²) >= 11 is 0. The molecule has 4 aliphatic rings. The van der Waals surface area contributed by atoms with Crippen molar-refractivity contribution in [1.29, 1.82) is 0 Å². The summed E-state index contributed by atoms with van der Waals surface area (Å²) < 4.78 is 84.3. The number of benzene rings is 2. The average molecular weight is 905 g/mol. The Hall–Kier alpha value is -4.46. The van der Waals surface area contributed by atoms with Gasteiger partial charge in [0, 0.05) is 36.8 Å². The summed E-state index contributed by atoms with van der Waals surface area (Å²) in [7, 11) is -7.07. The fourth-order valence-corrected chi connectivity index (χ4v) is 17.4. The van der Waals surface area contributed by atoms with Crippen molar-refractivity contribution in [2.45, 2.75) is 140 Å². The van der Waals surface area contributed by atoms with E-state index in [-0.39, 0.29) is 60.5 Å². The number of piperazine rings is 1. The standard InChI is InChI=1S/C47H59F3N6O5SSi/c1-28(2)63(29(3)4,30(5)6)21-18-35-38(48)17-14-31-12-10-13-36(39(31)35)41-40(49)42-37(23-51-41)43(54-24-32-15-16-33(25-54)56(32)45(57)61-46(7,8)9)53-44(52-42)60-27-47-19-11-20-55(47)26-34(22-47)62(50,58)59/h10,12-14,17,23,28-30,32-34H,11,15-16,19-20,22,24-27H2,1-9H3/t32-,33+,34-,47+/m1/s1. The molecule has 4 atom stereocenters. The first-order valence-electron chi connectivity index (χ1n) is 22.3. The molecule has 4 fully saturated rings. The monoisotopic (exact) mass is 904 g/mol. The normalized spacial score (nSPS) is 23.0. The van der Waals surface area contributed by atoms with Gasteiger partial charge in [-0.25, -0.2) is 13.6 Å². The van der Waals surface area contributed by atoms with Gasteiger partial charge in [0.15, 0.2) is 5.82 Å². The third-order valence-electron chi connectivity index (χ3n) is 14.2. The molecule has 16 heteroatoms. The maximum absolute atomic E-state index is 17.6. The highest BCUT2D eigenvalue weighted by Gasteiger charge is 2.53. The molecule has 11 nitrogen and oxygen atoms in total. The molecule has 0 saturated carbocycles. The molecule has 2 aromatic heterocycles. The maximum atomic E-state index is 17.6. The number of halogens is 3. The number of hydrogen-bond acceptors (Lipinski definition) is 10. The second-order valence-corrected chi connectivity index (χ2v) is 27.2. The van der Waals surface area contributed by atoms with E-state index in [0.29, 0.717) is 70.2 Å². The molecule has 6 heterocycles. The Kier molecular flexibility index (Phi) is 11.8. The predicted octanol–water partition coefficient (Wildman–Crippen LogP) is 9.57. The maximum Gasteiger partial charge on any atom is 0.410 e. The summed E-state index contributed by atoms with van der Waals surface area (Å²) in [6, 6.07) is 7.92. The summed E-state index contributed by atoms with van der Waals surface area (Å²) in [4.78, 5) is 33.4. The zero-order valence-corrected chi connectivity index (χ0v) is 39.6. The molecule has 8 rings (SSSR count). The Labute approximate surface area is 370 Å². The molecule has 0 N–H and O–H groups in total. The van der Waals surface area contributed by atoms with Crippen LogP contribution in [0.4, 0.5) is 23.3 Å². The average Bonchev–Trinajstić information content (AvgIpc) is 3.85. The molecule has 0 unspecified atom stereocenters. The van der Waals surface area contributed by atoms with Crippen LogP contribution in [0.3, 0.4) is 0 Å². The number of carbonyl (C=O) groups is 1. The van der Waals surface area contributed by atoms with Gasteiger partial charge in [-0.2, -0.15) is 18.4 Å². The number of hydrogen-bond donors (Lipinski definition) is 0. The van der Waals surface area contributed by atoms with E-state index in [2.05, 4.69) is 58.0 Å². The van der Waals surface area contributed by atoms with Crippen LogP contribution in [0.5, 0.6) is 6.01 Å². The number of pyridine rings is 1. The van der Waals surface area contributed by atoms with Gasteiger partial charge in [-0.05, 0) is 87.5 Å². The number of fused-ring (bicyclic) bond motifs is 5. The van der Waals surface area contributed by atoms with E-state index >= 15 is 8.78 Å². The molecule has 4 aliphatic heterocycles. The van der Waals surface area contributed by atoms with Gasteiger partial charge in [0.05, 0.1) is 28.6 Å². The number of carbonyl (C=O) groups excluding carboxylic acids is 1. The fraction of sp³-hybridized carbons (Fsp3) is 0.574. The number of anilines is 1. The minimum Gasteiger partial charge on any atom is -0.461 e. The lowest BCUT2D eigenvalue weighted by Crippen LogP contribution is -2.57. The molecular weight excluding hydrogens is 846 g/mol. The first-order chi connectivity index (χ1) is 29.6. The van der Waals surface area contributed by atoms with Gasteiger partial charge in [0.2, 0.25) is 0 Å². The van der Waals surface area contributed by atoms with E-state index in [9.17, 15) is 17.1 Å². The van der Waals surface area contributed by atoms with Gasteiger partial charge in [-0.3, -0.25) is 14.8 Å². The number of ether oxygens (including phenoxy) is 2. The van der Waals surface area contributed by atoms with Crippen molar-refractivity contribution >= 4 is 51.9 Å². The topological polar surface area (TPSA) is 118 Å². The van der Waals surface area contributed by atoms with E-state index < -0.39 is 46.3 Å². The Morgan fingerprint density at radius 2 is 1.67 bits per heavy atom. The summed E-state index contributed by atoms with van der Waals surface area (Å²) in [6.45, 7) is 20.1. The summed E-state index contributed by atoms with van der Waals surface area (Å²) in [5, 5.41) is 0.292.